The van der Waals surface area contributed by atoms with E-state index in [9.17, 15) is 9.65 Å². The lowest BCUT2D eigenvalue weighted by Gasteiger charge is -2.17. The Labute approximate surface area is 161 Å². The van der Waals surface area contributed by atoms with Gasteiger partial charge < -0.3 is 9.47 Å². The molecule has 0 N–H and O–H groups in total. The zero-order chi connectivity index (χ0) is 18.4. The minimum absolute atomic E-state index is 0.0241. The Morgan fingerprint density at radius 1 is 1.32 bits per heavy atom. The summed E-state index contributed by atoms with van der Waals surface area (Å²) in [5, 5.41) is 9.45. The normalized spacial score (nSPS) is 11.3. The molecule has 2 rings (SSSR count). The molecule has 0 aliphatic heterocycles. The highest BCUT2D eigenvalue weighted by molar-refractivity contribution is 14.1. The summed E-state index contributed by atoms with van der Waals surface area (Å²) in [6, 6.07) is 11.9. The molecular formula is C20H19FINO2. The van der Waals surface area contributed by atoms with Gasteiger partial charge in [-0.15, -0.1) is 0 Å². The van der Waals surface area contributed by atoms with Crippen LogP contribution in [0.5, 0.6) is 11.5 Å². The van der Waals surface area contributed by atoms with Crippen LogP contribution >= 0.6 is 22.6 Å². The van der Waals surface area contributed by atoms with Crippen LogP contribution in [0.15, 0.2) is 36.4 Å². The summed E-state index contributed by atoms with van der Waals surface area (Å²) in [6.07, 6.45) is 1.74. The van der Waals surface area contributed by atoms with Crippen LogP contribution < -0.4 is 9.47 Å². The molecule has 3 nitrogen and oxygen atoms in total. The van der Waals surface area contributed by atoms with E-state index in [2.05, 4.69) is 28.7 Å². The Kier molecular flexibility index (Phi) is 6.82. The third-order valence-corrected chi connectivity index (χ3v) is 4.05. The number of hydrogen-bond acceptors (Lipinski definition) is 3. The fourth-order valence-corrected chi connectivity index (χ4v) is 3.04. The molecular weight excluding hydrogens is 432 g/mol. The Bertz CT molecular complexity index is 825. The Morgan fingerprint density at radius 3 is 2.68 bits per heavy atom. The van der Waals surface area contributed by atoms with E-state index < -0.39 is 0 Å². The first-order valence-corrected chi connectivity index (χ1v) is 9.03. The number of rotatable bonds is 6. The number of hydrogen-bond donors (Lipinski definition) is 0. The van der Waals surface area contributed by atoms with Gasteiger partial charge in [-0.05, 0) is 84.8 Å². The van der Waals surface area contributed by atoms with Gasteiger partial charge in [0.25, 0.3) is 0 Å². The summed E-state index contributed by atoms with van der Waals surface area (Å²) < 4.78 is 25.9. The number of ether oxygens (including phenoxy) is 2. The van der Waals surface area contributed by atoms with E-state index >= 15 is 0 Å². The van der Waals surface area contributed by atoms with Gasteiger partial charge in [-0.1, -0.05) is 12.1 Å². The minimum atomic E-state index is -0.371. The smallest absolute Gasteiger partial charge is 0.174 e. The molecule has 130 valence electrons. The molecule has 0 fully saturated rings. The van der Waals surface area contributed by atoms with Gasteiger partial charge >= 0.3 is 0 Å². The molecule has 0 radical (unpaired) electrons. The average Bonchev–Trinajstić information content (AvgIpc) is 2.55. The van der Waals surface area contributed by atoms with Gasteiger partial charge in [0.1, 0.15) is 5.82 Å². The van der Waals surface area contributed by atoms with Crippen molar-refractivity contribution in [2.75, 3.05) is 6.61 Å². The summed E-state index contributed by atoms with van der Waals surface area (Å²) in [6.45, 7) is 6.32. The van der Waals surface area contributed by atoms with Crippen molar-refractivity contribution >= 4 is 34.2 Å². The lowest BCUT2D eigenvalue weighted by atomic mass is 10.0. The molecule has 0 amide bonds. The van der Waals surface area contributed by atoms with E-state index in [-0.39, 0.29) is 11.9 Å². The summed E-state index contributed by atoms with van der Waals surface area (Å²) in [5.74, 6) is 0.952. The first-order valence-electron chi connectivity index (χ1n) is 7.95. The lowest BCUT2D eigenvalue weighted by Crippen LogP contribution is -2.09. The molecule has 2 aromatic rings. The van der Waals surface area contributed by atoms with E-state index in [0.29, 0.717) is 29.2 Å². The minimum Gasteiger partial charge on any atom is -0.490 e. The molecule has 0 aromatic heterocycles. The Hall–Kier alpha value is -2.07. The van der Waals surface area contributed by atoms with Gasteiger partial charge in [-0.2, -0.15) is 5.26 Å². The highest BCUT2D eigenvalue weighted by atomic mass is 127. The van der Waals surface area contributed by atoms with Crippen LogP contribution in [0.1, 0.15) is 31.9 Å². The number of halogens is 2. The van der Waals surface area contributed by atoms with E-state index in [1.165, 1.54) is 12.1 Å². The van der Waals surface area contributed by atoms with E-state index in [4.69, 9.17) is 9.47 Å². The second-order valence-corrected chi connectivity index (χ2v) is 6.77. The van der Waals surface area contributed by atoms with Crippen molar-refractivity contribution in [3.63, 3.8) is 0 Å². The molecule has 0 spiro atoms. The van der Waals surface area contributed by atoms with Crippen molar-refractivity contribution in [2.24, 2.45) is 0 Å². The molecule has 2 aromatic carbocycles. The topological polar surface area (TPSA) is 42.2 Å². The van der Waals surface area contributed by atoms with Gasteiger partial charge in [0, 0.05) is 0 Å². The quantitative estimate of drug-likeness (QED) is 0.323. The number of allylic oxidation sites excluding steroid dienone is 1. The number of nitrogens with zero attached hydrogens (tertiary/aromatic N) is 1. The van der Waals surface area contributed by atoms with Crippen LogP contribution in [0.2, 0.25) is 0 Å². The van der Waals surface area contributed by atoms with Crippen LogP contribution in [0, 0.1) is 20.7 Å². The summed E-state index contributed by atoms with van der Waals surface area (Å²) >= 11 is 2.19. The van der Waals surface area contributed by atoms with Gasteiger partial charge in [0.05, 0.1) is 27.9 Å². The first kappa shape index (κ1) is 19.3. The van der Waals surface area contributed by atoms with Crippen LogP contribution in [0.4, 0.5) is 4.39 Å². The van der Waals surface area contributed by atoms with Crippen LogP contribution in [-0.2, 0) is 0 Å². The average molecular weight is 451 g/mol. The fraction of sp³-hybridized carbons (Fsp3) is 0.250. The molecule has 5 heteroatoms. The van der Waals surface area contributed by atoms with Gasteiger partial charge in [-0.3, -0.25) is 0 Å². The predicted octanol–water partition coefficient (Wildman–Crippen LogP) is 5.68. The monoisotopic (exact) mass is 451 g/mol. The number of benzene rings is 2. The fourth-order valence-electron chi connectivity index (χ4n) is 2.29. The molecule has 0 aliphatic carbocycles. The maximum Gasteiger partial charge on any atom is 0.174 e. The van der Waals surface area contributed by atoms with Crippen LogP contribution in [-0.4, -0.2) is 12.7 Å². The third-order valence-electron chi connectivity index (χ3n) is 3.25. The van der Waals surface area contributed by atoms with Crippen molar-refractivity contribution in [1.82, 2.24) is 0 Å². The van der Waals surface area contributed by atoms with E-state index in [0.717, 1.165) is 9.13 Å². The zero-order valence-corrected chi connectivity index (χ0v) is 16.5. The van der Waals surface area contributed by atoms with Crippen LogP contribution in [0.25, 0.3) is 11.6 Å². The van der Waals surface area contributed by atoms with Gasteiger partial charge in [0.2, 0.25) is 0 Å². The molecule has 25 heavy (non-hydrogen) atoms. The maximum absolute atomic E-state index is 13.4. The van der Waals surface area contributed by atoms with E-state index in [1.807, 2.05) is 32.9 Å². The molecule has 0 bridgehead atoms. The molecule has 0 saturated heterocycles. The standard InChI is InChI=1S/C20H19FINO2/c1-4-24-19-10-14(9-18(22)20(19)25-13(2)3)8-16(12-23)15-6-5-7-17(21)11-15/h5-11,13H,4H2,1-3H3/b16-8-. The zero-order valence-electron chi connectivity index (χ0n) is 14.3. The second kappa shape index (κ2) is 8.86. The van der Waals surface area contributed by atoms with Crippen molar-refractivity contribution in [3.05, 3.63) is 56.9 Å². The predicted molar refractivity (Wildman–Crippen MR) is 106 cm³/mol. The SMILES string of the molecule is CCOc1cc(/C=C(/C#N)c2cccc(F)c2)cc(I)c1OC(C)C. The highest BCUT2D eigenvalue weighted by Crippen LogP contribution is 2.36. The number of nitriles is 1. The molecule has 0 atom stereocenters. The molecule has 0 saturated carbocycles. The summed E-state index contributed by atoms with van der Waals surface area (Å²) in [7, 11) is 0. The maximum atomic E-state index is 13.4. The highest BCUT2D eigenvalue weighted by Gasteiger charge is 2.14. The third kappa shape index (κ3) is 5.20. The summed E-state index contributed by atoms with van der Waals surface area (Å²) in [4.78, 5) is 0. The van der Waals surface area contributed by atoms with Crippen molar-refractivity contribution in [2.45, 2.75) is 26.9 Å². The van der Waals surface area contributed by atoms with E-state index in [1.54, 1.807) is 18.2 Å². The largest absolute Gasteiger partial charge is 0.490 e. The molecule has 0 unspecified atom stereocenters. The van der Waals surface area contributed by atoms with Crippen LogP contribution in [0.3, 0.4) is 0 Å². The molecule has 0 aliphatic rings. The van der Waals surface area contributed by atoms with Crippen molar-refractivity contribution in [1.29, 1.82) is 5.26 Å². The Balaban J connectivity index is 2.49. The van der Waals surface area contributed by atoms with Gasteiger partial charge in [-0.25, -0.2) is 4.39 Å². The molecule has 0 heterocycles. The van der Waals surface area contributed by atoms with Crippen molar-refractivity contribution < 1.29 is 13.9 Å². The summed E-state index contributed by atoms with van der Waals surface area (Å²) in [5.41, 5.74) is 1.72. The second-order valence-electron chi connectivity index (χ2n) is 5.61. The first-order chi connectivity index (χ1) is 11.9. The van der Waals surface area contributed by atoms with Crippen molar-refractivity contribution in [3.8, 4) is 17.6 Å². The Morgan fingerprint density at radius 2 is 2.08 bits per heavy atom. The lowest BCUT2D eigenvalue weighted by molar-refractivity contribution is 0.222. The van der Waals surface area contributed by atoms with Gasteiger partial charge in [0.15, 0.2) is 11.5 Å².